The second kappa shape index (κ2) is 11.5. The van der Waals surface area contributed by atoms with E-state index in [-0.39, 0.29) is 40.1 Å². The van der Waals surface area contributed by atoms with E-state index in [0.29, 0.717) is 29.9 Å². The lowest BCUT2D eigenvalue weighted by Gasteiger charge is -2.40. The summed E-state index contributed by atoms with van der Waals surface area (Å²) in [6.45, 7) is 3.84. The molecule has 2 aliphatic rings. The summed E-state index contributed by atoms with van der Waals surface area (Å²) in [7, 11) is 0. The van der Waals surface area contributed by atoms with Gasteiger partial charge in [-0.05, 0) is 85.8 Å². The minimum absolute atomic E-state index is 0.0124. The highest BCUT2D eigenvalue weighted by molar-refractivity contribution is 7.98. The molecule has 0 saturated carbocycles. The Morgan fingerprint density at radius 2 is 1.81 bits per heavy atom. The fourth-order valence-electron chi connectivity index (χ4n) is 5.64. The summed E-state index contributed by atoms with van der Waals surface area (Å²) in [5.41, 5.74) is 10.0. The van der Waals surface area contributed by atoms with Gasteiger partial charge in [0, 0.05) is 28.3 Å². The number of thioether (sulfide) groups is 1. The number of aryl methyl sites for hydroxylation is 1. The predicted molar refractivity (Wildman–Crippen MR) is 156 cm³/mol. The Kier molecular flexibility index (Phi) is 8.15. The number of rotatable bonds is 5. The maximum Gasteiger partial charge on any atom is 0.416 e. The predicted octanol–water partition coefficient (Wildman–Crippen LogP) is 8.71. The van der Waals surface area contributed by atoms with Gasteiger partial charge in [0.2, 0.25) is 0 Å². The maximum atomic E-state index is 13.7. The van der Waals surface area contributed by atoms with E-state index in [1.807, 2.05) is 26.0 Å². The number of nitrogens with two attached hydrogens (primary N) is 1. The summed E-state index contributed by atoms with van der Waals surface area (Å²) in [5, 5.41) is 10.4. The van der Waals surface area contributed by atoms with Crippen LogP contribution < -0.4 is 10.6 Å². The minimum atomic E-state index is -4.63. The zero-order chi connectivity index (χ0) is 30.3. The number of alkyl halides is 3. The van der Waals surface area contributed by atoms with Crippen molar-refractivity contribution in [2.75, 3.05) is 4.90 Å². The Balaban J connectivity index is 1.66. The Morgan fingerprint density at radius 1 is 1.10 bits per heavy atom. The van der Waals surface area contributed by atoms with Crippen LogP contribution >= 0.6 is 23.4 Å². The molecule has 216 valence electrons. The molecular weight excluding hydrogens is 586 g/mol. The average Bonchev–Trinajstić information content (AvgIpc) is 2.94. The molecule has 0 radical (unpaired) electrons. The molecule has 1 atom stereocenters. The van der Waals surface area contributed by atoms with Crippen molar-refractivity contribution in [1.82, 2.24) is 0 Å². The number of anilines is 1. The third kappa shape index (κ3) is 5.53. The van der Waals surface area contributed by atoms with E-state index >= 15 is 0 Å². The quantitative estimate of drug-likeness (QED) is 0.231. The number of benzene rings is 3. The molecule has 0 bridgehead atoms. The fourth-order valence-corrected chi connectivity index (χ4v) is 6.79. The third-order valence-electron chi connectivity index (χ3n) is 7.65. The van der Waals surface area contributed by atoms with Gasteiger partial charge in [-0.3, -0.25) is 9.69 Å². The van der Waals surface area contributed by atoms with Crippen molar-refractivity contribution in [2.24, 2.45) is 5.73 Å². The molecule has 3 aromatic rings. The molecule has 0 fully saturated rings. The molecular formula is C32H26ClF4N3OS. The molecule has 1 aliphatic heterocycles. The first-order valence-corrected chi connectivity index (χ1v) is 14.6. The van der Waals surface area contributed by atoms with Crippen molar-refractivity contribution in [2.45, 2.75) is 55.9 Å². The summed E-state index contributed by atoms with van der Waals surface area (Å²) < 4.78 is 54.3. The van der Waals surface area contributed by atoms with Crippen LogP contribution in [-0.2, 0) is 16.7 Å². The van der Waals surface area contributed by atoms with E-state index in [2.05, 4.69) is 6.07 Å². The molecule has 0 aromatic heterocycles. The van der Waals surface area contributed by atoms with Crippen molar-refractivity contribution in [3.63, 3.8) is 0 Å². The molecule has 1 unspecified atom stereocenters. The number of ketones is 1. The fraction of sp³-hybridized carbons (Fsp3) is 0.250. The van der Waals surface area contributed by atoms with Gasteiger partial charge in [0.25, 0.3) is 0 Å². The van der Waals surface area contributed by atoms with Gasteiger partial charge < -0.3 is 5.73 Å². The minimum Gasteiger partial charge on any atom is -0.384 e. The zero-order valence-electron chi connectivity index (χ0n) is 22.8. The van der Waals surface area contributed by atoms with E-state index in [0.717, 1.165) is 45.3 Å². The molecule has 1 heterocycles. The zero-order valence-corrected chi connectivity index (χ0v) is 24.4. The Bertz CT molecular complexity index is 1690. The largest absolute Gasteiger partial charge is 0.416 e. The number of allylic oxidation sites excluding steroid dienone is 3. The summed E-state index contributed by atoms with van der Waals surface area (Å²) in [6.07, 6.45) is -3.52. The van der Waals surface area contributed by atoms with E-state index in [4.69, 9.17) is 17.3 Å². The molecule has 1 aliphatic carbocycles. The number of hydrogen-bond donors (Lipinski definition) is 1. The Morgan fingerprint density at radius 3 is 2.48 bits per heavy atom. The van der Waals surface area contributed by atoms with E-state index in [1.165, 1.54) is 28.8 Å². The lowest BCUT2D eigenvalue weighted by molar-refractivity contribution is -0.137. The number of hydrogen-bond acceptors (Lipinski definition) is 5. The van der Waals surface area contributed by atoms with Crippen molar-refractivity contribution < 1.29 is 22.4 Å². The molecule has 5 rings (SSSR count). The standard InChI is InChI=1S/C32H26ClF4N3OS/c1-17-12-19(16-42-22-9-7-21(34)8-10-22)18(2)23(13-17)29-24(15-38)31(39)40(26-4-3-5-28(41)30(26)29)27-14-20(32(35,36)37)6-11-25(27)33/h6-14,29H,3-5,16,39H2,1-2H3. The maximum absolute atomic E-state index is 13.7. The number of carbonyl (C=O) groups is 1. The van der Waals surface area contributed by atoms with Gasteiger partial charge in [0.15, 0.2) is 5.78 Å². The van der Waals surface area contributed by atoms with Crippen LogP contribution in [-0.4, -0.2) is 5.78 Å². The molecule has 0 saturated heterocycles. The smallest absolute Gasteiger partial charge is 0.384 e. The summed E-state index contributed by atoms with van der Waals surface area (Å²) in [6, 6.07) is 15.3. The van der Waals surface area contributed by atoms with Gasteiger partial charge >= 0.3 is 6.18 Å². The first kappa shape index (κ1) is 29.7. The number of carbonyl (C=O) groups excluding carboxylic acids is 1. The molecule has 10 heteroatoms. The van der Waals surface area contributed by atoms with E-state index < -0.39 is 17.7 Å². The van der Waals surface area contributed by atoms with Crippen LogP contribution in [0.2, 0.25) is 5.02 Å². The van der Waals surface area contributed by atoms with Crippen LogP contribution in [0, 0.1) is 31.0 Å². The monoisotopic (exact) mass is 611 g/mol. The first-order chi connectivity index (χ1) is 19.9. The Labute approximate surface area is 250 Å². The van der Waals surface area contributed by atoms with Crippen LogP contribution in [0.1, 0.15) is 53.0 Å². The highest BCUT2D eigenvalue weighted by Crippen LogP contribution is 2.49. The van der Waals surface area contributed by atoms with Crippen molar-refractivity contribution in [3.8, 4) is 6.07 Å². The second-order valence-corrected chi connectivity index (χ2v) is 11.8. The van der Waals surface area contributed by atoms with Crippen molar-refractivity contribution in [1.29, 1.82) is 5.26 Å². The number of nitrogens with zero attached hydrogens (tertiary/aromatic N) is 2. The summed E-state index contributed by atoms with van der Waals surface area (Å²) in [4.78, 5) is 15.8. The van der Waals surface area contributed by atoms with Crippen molar-refractivity contribution in [3.05, 3.63) is 116 Å². The molecule has 2 N–H and O–H groups in total. The number of nitriles is 1. The SMILES string of the molecule is Cc1cc(CSc2ccc(F)cc2)c(C)c(C2C(C#N)=C(N)N(c3cc(C(F)(F)F)ccc3Cl)C3=C2C(=O)CCC3)c1. The van der Waals surface area contributed by atoms with E-state index in [9.17, 15) is 27.6 Å². The van der Waals surface area contributed by atoms with Gasteiger partial charge in [-0.25, -0.2) is 4.39 Å². The van der Waals surface area contributed by atoms with Crippen LogP contribution in [0.15, 0.2) is 82.2 Å². The lowest BCUT2D eigenvalue weighted by Crippen LogP contribution is -2.39. The normalized spacial score (nSPS) is 17.4. The average molecular weight is 612 g/mol. The van der Waals surface area contributed by atoms with Crippen molar-refractivity contribution >= 4 is 34.8 Å². The highest BCUT2D eigenvalue weighted by Gasteiger charge is 2.42. The first-order valence-electron chi connectivity index (χ1n) is 13.2. The summed E-state index contributed by atoms with van der Waals surface area (Å²) in [5.74, 6) is -0.780. The van der Waals surface area contributed by atoms with Gasteiger partial charge in [-0.1, -0.05) is 29.3 Å². The number of Topliss-reactive ketones (excluding diaryl/α,β-unsaturated/α-hetero) is 1. The van der Waals surface area contributed by atoms with E-state index in [1.54, 1.807) is 12.1 Å². The molecule has 4 nitrogen and oxygen atoms in total. The molecule has 0 spiro atoms. The molecule has 42 heavy (non-hydrogen) atoms. The molecule has 0 amide bonds. The topological polar surface area (TPSA) is 70.1 Å². The molecule has 3 aromatic carbocycles. The van der Waals surface area contributed by atoms with Gasteiger partial charge in [-0.2, -0.15) is 18.4 Å². The lowest BCUT2D eigenvalue weighted by atomic mass is 9.73. The summed E-state index contributed by atoms with van der Waals surface area (Å²) >= 11 is 7.95. The Hall–Kier alpha value is -3.74. The van der Waals surface area contributed by atoms with Crippen LogP contribution in [0.4, 0.5) is 23.2 Å². The van der Waals surface area contributed by atoms with Gasteiger partial charge in [-0.15, -0.1) is 11.8 Å². The van der Waals surface area contributed by atoms with Crippen LogP contribution in [0.5, 0.6) is 0 Å². The van der Waals surface area contributed by atoms with Gasteiger partial charge in [0.05, 0.1) is 33.8 Å². The highest BCUT2D eigenvalue weighted by atomic mass is 35.5. The van der Waals surface area contributed by atoms with Gasteiger partial charge in [0.1, 0.15) is 11.6 Å². The second-order valence-electron chi connectivity index (χ2n) is 10.4. The van der Waals surface area contributed by atoms with Crippen LogP contribution in [0.3, 0.4) is 0 Å². The van der Waals surface area contributed by atoms with Crippen LogP contribution in [0.25, 0.3) is 0 Å². The third-order valence-corrected chi connectivity index (χ3v) is 9.03. The number of halogens is 5.